The zero-order valence-electron chi connectivity index (χ0n) is 18.9. The van der Waals surface area contributed by atoms with Crippen molar-refractivity contribution in [3.63, 3.8) is 0 Å². The topological polar surface area (TPSA) is 107 Å². The summed E-state index contributed by atoms with van der Waals surface area (Å²) >= 11 is 0. The second-order valence-corrected chi connectivity index (χ2v) is 7.24. The van der Waals surface area contributed by atoms with Gasteiger partial charge in [-0.3, -0.25) is 4.79 Å². The van der Waals surface area contributed by atoms with Gasteiger partial charge in [0.1, 0.15) is 11.4 Å². The maximum absolute atomic E-state index is 13.1. The van der Waals surface area contributed by atoms with Crippen molar-refractivity contribution in [1.82, 2.24) is 4.98 Å². The summed E-state index contributed by atoms with van der Waals surface area (Å²) in [5.74, 6) is -1.26. The molecule has 1 atom stereocenters. The number of aromatic nitrogens is 1. The van der Waals surface area contributed by atoms with Gasteiger partial charge in [0.15, 0.2) is 0 Å². The highest BCUT2D eigenvalue weighted by Gasteiger charge is 2.30. The third-order valence-corrected chi connectivity index (χ3v) is 5.18. The molecule has 33 heavy (non-hydrogen) atoms. The monoisotopic (exact) mass is 450 g/mol. The predicted octanol–water partition coefficient (Wildman–Crippen LogP) is 4.22. The van der Waals surface area contributed by atoms with Crippen molar-refractivity contribution in [2.45, 2.75) is 26.4 Å². The van der Waals surface area contributed by atoms with Gasteiger partial charge in [0.2, 0.25) is 6.10 Å². The molecule has 1 amide bonds. The smallest absolute Gasteiger partial charge is 0.356 e. The van der Waals surface area contributed by atoms with E-state index in [0.29, 0.717) is 40.2 Å². The van der Waals surface area contributed by atoms with E-state index in [9.17, 15) is 14.4 Å². The summed E-state index contributed by atoms with van der Waals surface area (Å²) in [4.78, 5) is 41.4. The average molecular weight is 450 g/mol. The van der Waals surface area contributed by atoms with Crippen LogP contribution in [0.3, 0.4) is 0 Å². The van der Waals surface area contributed by atoms with Gasteiger partial charge in [0.05, 0.1) is 19.8 Å². The molecule has 1 unspecified atom stereocenters. The van der Waals surface area contributed by atoms with E-state index >= 15 is 0 Å². The highest BCUT2D eigenvalue weighted by molar-refractivity contribution is 6.01. The lowest BCUT2D eigenvalue weighted by Crippen LogP contribution is -2.26. The third kappa shape index (κ3) is 5.23. The molecule has 8 nitrogen and oxygen atoms in total. The van der Waals surface area contributed by atoms with Crippen molar-refractivity contribution >= 4 is 23.5 Å². The molecule has 0 aliphatic rings. The average Bonchev–Trinajstić information content (AvgIpc) is 3.18. The molecule has 2 N–H and O–H groups in total. The van der Waals surface area contributed by atoms with Gasteiger partial charge in [0, 0.05) is 23.0 Å². The Morgan fingerprint density at radius 3 is 2.36 bits per heavy atom. The van der Waals surface area contributed by atoms with Gasteiger partial charge in [-0.1, -0.05) is 43.3 Å². The van der Waals surface area contributed by atoms with Crippen LogP contribution >= 0.6 is 0 Å². The number of amides is 1. The van der Waals surface area contributed by atoms with Crippen LogP contribution in [0.2, 0.25) is 0 Å². The number of carbonyl (C=O) groups is 3. The number of anilines is 1. The predicted molar refractivity (Wildman–Crippen MR) is 122 cm³/mol. The van der Waals surface area contributed by atoms with Gasteiger partial charge < -0.3 is 24.5 Å². The van der Waals surface area contributed by atoms with E-state index in [-0.39, 0.29) is 5.69 Å². The third-order valence-electron chi connectivity index (χ3n) is 5.18. The first kappa shape index (κ1) is 23.6. The van der Waals surface area contributed by atoms with E-state index in [1.807, 2.05) is 6.92 Å². The van der Waals surface area contributed by atoms with Crippen LogP contribution in [-0.2, 0) is 20.7 Å². The lowest BCUT2D eigenvalue weighted by molar-refractivity contribution is -0.125. The van der Waals surface area contributed by atoms with E-state index in [4.69, 9.17) is 14.2 Å². The molecular weight excluding hydrogens is 424 g/mol. The molecule has 0 saturated carbocycles. The second-order valence-electron chi connectivity index (χ2n) is 7.24. The Labute approximate surface area is 191 Å². The van der Waals surface area contributed by atoms with Crippen molar-refractivity contribution in [2.24, 2.45) is 0 Å². The van der Waals surface area contributed by atoms with Crippen LogP contribution in [0.4, 0.5) is 5.69 Å². The van der Waals surface area contributed by atoms with Gasteiger partial charge >= 0.3 is 11.9 Å². The van der Waals surface area contributed by atoms with E-state index < -0.39 is 23.9 Å². The molecule has 0 radical (unpaired) electrons. The second kappa shape index (κ2) is 10.5. The highest BCUT2D eigenvalue weighted by atomic mass is 16.5. The summed E-state index contributed by atoms with van der Waals surface area (Å²) in [6, 6.07) is 15.5. The number of aryl methyl sites for hydroxylation is 1. The Morgan fingerprint density at radius 2 is 1.73 bits per heavy atom. The Balaban J connectivity index is 1.91. The number of ether oxygens (including phenoxy) is 3. The van der Waals surface area contributed by atoms with Gasteiger partial charge in [-0.25, -0.2) is 9.59 Å². The molecule has 3 rings (SSSR count). The molecular formula is C25H26N2O6. The summed E-state index contributed by atoms with van der Waals surface area (Å²) in [6.07, 6.45) is -0.740. The summed E-state index contributed by atoms with van der Waals surface area (Å²) in [6.45, 7) is 3.48. The first-order chi connectivity index (χ1) is 15.9. The maximum atomic E-state index is 13.1. The van der Waals surface area contributed by atoms with Crippen molar-refractivity contribution in [1.29, 1.82) is 0 Å². The minimum atomic E-state index is -1.22. The fourth-order valence-electron chi connectivity index (χ4n) is 3.48. The highest BCUT2D eigenvalue weighted by Crippen LogP contribution is 2.26. The molecule has 0 aliphatic heterocycles. The number of carbonyl (C=O) groups excluding carboxylic acids is 3. The Bertz CT molecular complexity index is 1150. The van der Waals surface area contributed by atoms with Crippen molar-refractivity contribution < 1.29 is 28.6 Å². The number of H-pyrrole nitrogens is 1. The van der Waals surface area contributed by atoms with E-state index in [0.717, 1.165) is 0 Å². The van der Waals surface area contributed by atoms with Crippen LogP contribution in [-0.4, -0.2) is 37.0 Å². The van der Waals surface area contributed by atoms with Crippen LogP contribution in [0.1, 0.15) is 50.7 Å². The number of hydrogen-bond donors (Lipinski definition) is 2. The first-order valence-corrected chi connectivity index (χ1v) is 10.4. The molecule has 1 aromatic heterocycles. The summed E-state index contributed by atoms with van der Waals surface area (Å²) in [5.41, 5.74) is 2.35. The first-order valence-electron chi connectivity index (χ1n) is 10.4. The number of rotatable bonds is 8. The van der Waals surface area contributed by atoms with Crippen molar-refractivity contribution in [3.8, 4) is 5.75 Å². The molecule has 8 heteroatoms. The SMILES string of the molecule is CCc1[nH]c(C(=O)OC(C(=O)Nc2cccc(OC)c2)c2ccccc2)c(C)c1C(=O)OC. The molecule has 3 aromatic rings. The van der Waals surface area contributed by atoms with Crippen molar-refractivity contribution in [3.05, 3.63) is 82.7 Å². The fraction of sp³-hybridized carbons (Fsp3) is 0.240. The fourth-order valence-corrected chi connectivity index (χ4v) is 3.48. The van der Waals surface area contributed by atoms with E-state index in [2.05, 4.69) is 10.3 Å². The molecule has 172 valence electrons. The molecule has 0 spiro atoms. The zero-order valence-corrected chi connectivity index (χ0v) is 18.9. The number of benzene rings is 2. The summed E-state index contributed by atoms with van der Waals surface area (Å²) in [5, 5.41) is 2.76. The molecule has 1 heterocycles. The minimum absolute atomic E-state index is 0.0994. The van der Waals surface area contributed by atoms with Gasteiger partial charge in [-0.05, 0) is 31.0 Å². The normalized spacial score (nSPS) is 11.4. The van der Waals surface area contributed by atoms with Crippen LogP contribution < -0.4 is 10.1 Å². The number of aromatic amines is 1. The lowest BCUT2D eigenvalue weighted by atomic mass is 10.1. The van der Waals surface area contributed by atoms with Gasteiger partial charge in [-0.2, -0.15) is 0 Å². The van der Waals surface area contributed by atoms with Crippen molar-refractivity contribution in [2.75, 3.05) is 19.5 Å². The molecule has 0 fully saturated rings. The Hall–Kier alpha value is -4.07. The van der Waals surface area contributed by atoms with E-state index in [1.165, 1.54) is 14.2 Å². The van der Waals surface area contributed by atoms with E-state index in [1.54, 1.807) is 61.5 Å². The Kier molecular flexibility index (Phi) is 7.50. The largest absolute Gasteiger partial charge is 0.497 e. The zero-order chi connectivity index (χ0) is 24.0. The van der Waals surface area contributed by atoms with Crippen LogP contribution in [0, 0.1) is 6.92 Å². The summed E-state index contributed by atoms with van der Waals surface area (Å²) in [7, 11) is 2.81. The van der Waals surface area contributed by atoms with Gasteiger partial charge in [-0.15, -0.1) is 0 Å². The number of methoxy groups -OCH3 is 2. The number of esters is 2. The lowest BCUT2D eigenvalue weighted by Gasteiger charge is -2.18. The van der Waals surface area contributed by atoms with Crippen LogP contribution in [0.25, 0.3) is 0 Å². The number of hydrogen-bond acceptors (Lipinski definition) is 6. The maximum Gasteiger partial charge on any atom is 0.356 e. The standard InChI is InChI=1S/C25H26N2O6/c1-5-19-20(24(29)32-4)15(2)21(27-19)25(30)33-22(16-10-7-6-8-11-16)23(28)26-17-12-9-13-18(14-17)31-3/h6-14,22,27H,5H2,1-4H3,(H,26,28). The van der Waals surface area contributed by atoms with Crippen LogP contribution in [0.15, 0.2) is 54.6 Å². The van der Waals surface area contributed by atoms with Crippen LogP contribution in [0.5, 0.6) is 5.75 Å². The quantitative estimate of drug-likeness (QED) is 0.498. The Morgan fingerprint density at radius 1 is 1.00 bits per heavy atom. The molecule has 0 saturated heterocycles. The molecule has 2 aromatic carbocycles. The minimum Gasteiger partial charge on any atom is -0.497 e. The number of nitrogens with one attached hydrogen (secondary N) is 2. The summed E-state index contributed by atoms with van der Waals surface area (Å²) < 4.78 is 15.7. The molecule has 0 aliphatic carbocycles. The van der Waals surface area contributed by atoms with Gasteiger partial charge in [0.25, 0.3) is 5.91 Å². The molecule has 0 bridgehead atoms.